The Morgan fingerprint density at radius 2 is 1.82 bits per heavy atom. The van der Waals surface area contributed by atoms with Crippen molar-refractivity contribution in [3.63, 3.8) is 0 Å². The van der Waals surface area contributed by atoms with Crippen LogP contribution in [0.3, 0.4) is 0 Å². The van der Waals surface area contributed by atoms with Gasteiger partial charge in [-0.25, -0.2) is 19.0 Å². The van der Waals surface area contributed by atoms with Crippen LogP contribution < -0.4 is 4.90 Å². The second-order valence-corrected chi connectivity index (χ2v) is 9.24. The van der Waals surface area contributed by atoms with Crippen LogP contribution in [-0.2, 0) is 4.79 Å². The number of hydrogen-bond donors (Lipinski definition) is 0. The standard InChI is InChI=1S/C26H35FN6O/c1-5-8-18(3)24-28-25(32-15-7-14-31(16-17-32)22(34)9-6-2)23-19(4)30-33(26(23)29-24)21-12-10-20(27)11-13-21/h10-13,18H,5-9,14-17H2,1-4H3/t18-/m0/s1. The van der Waals surface area contributed by atoms with Crippen molar-refractivity contribution in [1.29, 1.82) is 0 Å². The molecule has 1 saturated heterocycles. The molecular weight excluding hydrogens is 431 g/mol. The Balaban J connectivity index is 1.79. The van der Waals surface area contributed by atoms with Gasteiger partial charge in [0.1, 0.15) is 17.5 Å². The normalized spacial score (nSPS) is 15.6. The Morgan fingerprint density at radius 3 is 2.53 bits per heavy atom. The summed E-state index contributed by atoms with van der Waals surface area (Å²) in [5.41, 5.74) is 2.35. The van der Waals surface area contributed by atoms with Crippen LogP contribution in [0.15, 0.2) is 24.3 Å². The van der Waals surface area contributed by atoms with E-state index in [1.165, 1.54) is 12.1 Å². The summed E-state index contributed by atoms with van der Waals surface area (Å²) >= 11 is 0. The first-order chi connectivity index (χ1) is 16.4. The maximum Gasteiger partial charge on any atom is 0.222 e. The Bertz CT molecular complexity index is 1140. The number of aryl methyl sites for hydroxylation is 1. The zero-order valence-corrected chi connectivity index (χ0v) is 20.7. The van der Waals surface area contributed by atoms with Crippen LogP contribution in [0.4, 0.5) is 10.2 Å². The van der Waals surface area contributed by atoms with Crippen LogP contribution >= 0.6 is 0 Å². The van der Waals surface area contributed by atoms with Crippen molar-refractivity contribution in [2.75, 3.05) is 31.1 Å². The molecule has 4 rings (SSSR count). The van der Waals surface area contributed by atoms with Crippen molar-refractivity contribution < 1.29 is 9.18 Å². The largest absolute Gasteiger partial charge is 0.354 e. The summed E-state index contributed by atoms with van der Waals surface area (Å²) in [6, 6.07) is 6.33. The molecule has 7 nitrogen and oxygen atoms in total. The molecule has 1 amide bonds. The van der Waals surface area contributed by atoms with Crippen LogP contribution in [-0.4, -0.2) is 56.7 Å². The maximum atomic E-state index is 13.6. The summed E-state index contributed by atoms with van der Waals surface area (Å²) in [4.78, 5) is 26.8. The molecule has 1 fully saturated rings. The van der Waals surface area contributed by atoms with Crippen molar-refractivity contribution in [3.8, 4) is 5.69 Å². The van der Waals surface area contributed by atoms with Crippen LogP contribution in [0.2, 0.25) is 0 Å². The highest BCUT2D eigenvalue weighted by Gasteiger charge is 2.25. The number of nitrogens with zero attached hydrogens (tertiary/aromatic N) is 6. The number of amides is 1. The van der Waals surface area contributed by atoms with E-state index in [0.717, 1.165) is 79.4 Å². The molecule has 2 aromatic heterocycles. The molecule has 0 spiro atoms. The summed E-state index contributed by atoms with van der Waals surface area (Å²) in [6.07, 6.45) is 4.40. The van der Waals surface area contributed by atoms with Crippen molar-refractivity contribution in [2.24, 2.45) is 0 Å². The summed E-state index contributed by atoms with van der Waals surface area (Å²) in [7, 11) is 0. The second kappa shape index (κ2) is 10.5. The van der Waals surface area contributed by atoms with Gasteiger partial charge in [0.25, 0.3) is 0 Å². The van der Waals surface area contributed by atoms with Gasteiger partial charge in [-0.2, -0.15) is 5.10 Å². The molecule has 1 aliphatic rings. The number of halogens is 1. The van der Waals surface area contributed by atoms with Gasteiger partial charge in [-0.3, -0.25) is 4.79 Å². The first-order valence-corrected chi connectivity index (χ1v) is 12.5. The highest BCUT2D eigenvalue weighted by atomic mass is 19.1. The lowest BCUT2D eigenvalue weighted by Crippen LogP contribution is -2.35. The fraction of sp³-hybridized carbons (Fsp3) is 0.538. The number of carbonyl (C=O) groups is 1. The minimum absolute atomic E-state index is 0.208. The van der Waals surface area contributed by atoms with Gasteiger partial charge >= 0.3 is 0 Å². The zero-order valence-electron chi connectivity index (χ0n) is 20.7. The molecule has 0 unspecified atom stereocenters. The summed E-state index contributed by atoms with van der Waals surface area (Å²) in [5.74, 6) is 1.85. The molecule has 0 aliphatic carbocycles. The molecule has 0 bridgehead atoms. The highest BCUT2D eigenvalue weighted by molar-refractivity contribution is 5.91. The SMILES string of the molecule is CCCC(=O)N1CCCN(c2nc([C@@H](C)CCC)nc3c2c(C)nn3-c2ccc(F)cc2)CC1. The lowest BCUT2D eigenvalue weighted by molar-refractivity contribution is -0.131. The molecule has 34 heavy (non-hydrogen) atoms. The van der Waals surface area contributed by atoms with Gasteiger partial charge in [-0.05, 0) is 50.5 Å². The van der Waals surface area contributed by atoms with E-state index in [1.54, 1.807) is 16.8 Å². The van der Waals surface area contributed by atoms with Gasteiger partial charge in [-0.15, -0.1) is 0 Å². The van der Waals surface area contributed by atoms with E-state index in [2.05, 4.69) is 18.7 Å². The Kier molecular flexibility index (Phi) is 7.44. The van der Waals surface area contributed by atoms with Crippen LogP contribution in [0.1, 0.15) is 70.3 Å². The average Bonchev–Trinajstić information content (AvgIpc) is 2.99. The van der Waals surface area contributed by atoms with Gasteiger partial charge in [-0.1, -0.05) is 27.2 Å². The molecule has 3 heterocycles. The Morgan fingerprint density at radius 1 is 1.06 bits per heavy atom. The predicted octanol–water partition coefficient (Wildman–Crippen LogP) is 5.01. The first kappa shape index (κ1) is 24.1. The van der Waals surface area contributed by atoms with E-state index >= 15 is 0 Å². The molecule has 0 saturated carbocycles. The van der Waals surface area contributed by atoms with E-state index in [0.29, 0.717) is 13.0 Å². The van der Waals surface area contributed by atoms with Crippen molar-refractivity contribution in [2.45, 2.75) is 65.7 Å². The summed E-state index contributed by atoms with van der Waals surface area (Å²) < 4.78 is 15.4. The molecule has 0 radical (unpaired) electrons. The lowest BCUT2D eigenvalue weighted by atomic mass is 10.1. The van der Waals surface area contributed by atoms with Gasteiger partial charge in [0.05, 0.1) is 16.8 Å². The van der Waals surface area contributed by atoms with Crippen molar-refractivity contribution in [1.82, 2.24) is 24.6 Å². The highest BCUT2D eigenvalue weighted by Crippen LogP contribution is 2.32. The fourth-order valence-corrected chi connectivity index (χ4v) is 4.70. The molecule has 3 aromatic rings. The van der Waals surface area contributed by atoms with E-state index in [9.17, 15) is 9.18 Å². The molecule has 182 valence electrons. The predicted molar refractivity (Wildman–Crippen MR) is 133 cm³/mol. The third kappa shape index (κ3) is 4.91. The van der Waals surface area contributed by atoms with Crippen molar-refractivity contribution >= 4 is 22.8 Å². The minimum Gasteiger partial charge on any atom is -0.354 e. The van der Waals surface area contributed by atoms with Crippen LogP contribution in [0, 0.1) is 12.7 Å². The first-order valence-electron chi connectivity index (χ1n) is 12.5. The number of fused-ring (bicyclic) bond motifs is 1. The van der Waals surface area contributed by atoms with Crippen LogP contribution in [0.25, 0.3) is 16.7 Å². The molecule has 8 heteroatoms. The number of benzene rings is 1. The van der Waals surface area contributed by atoms with Crippen molar-refractivity contribution in [3.05, 3.63) is 41.6 Å². The zero-order chi connectivity index (χ0) is 24.2. The van der Waals surface area contributed by atoms with E-state index in [1.807, 2.05) is 18.7 Å². The smallest absolute Gasteiger partial charge is 0.222 e. The summed E-state index contributed by atoms with van der Waals surface area (Å²) in [5, 5.41) is 5.70. The third-order valence-electron chi connectivity index (χ3n) is 6.55. The number of anilines is 1. The van der Waals surface area contributed by atoms with Gasteiger partial charge in [0, 0.05) is 38.5 Å². The third-order valence-corrected chi connectivity index (χ3v) is 6.55. The number of hydrogen-bond acceptors (Lipinski definition) is 5. The summed E-state index contributed by atoms with van der Waals surface area (Å²) in [6.45, 7) is 11.4. The topological polar surface area (TPSA) is 67.2 Å². The lowest BCUT2D eigenvalue weighted by Gasteiger charge is -2.24. The monoisotopic (exact) mass is 466 g/mol. The number of rotatable bonds is 7. The van der Waals surface area contributed by atoms with Gasteiger partial charge < -0.3 is 9.80 Å². The van der Waals surface area contributed by atoms with Crippen LogP contribution in [0.5, 0.6) is 0 Å². The van der Waals surface area contributed by atoms with E-state index < -0.39 is 0 Å². The van der Waals surface area contributed by atoms with E-state index in [4.69, 9.17) is 15.1 Å². The van der Waals surface area contributed by atoms with Gasteiger partial charge in [0.2, 0.25) is 5.91 Å². The molecule has 1 atom stereocenters. The van der Waals surface area contributed by atoms with E-state index in [-0.39, 0.29) is 17.6 Å². The average molecular weight is 467 g/mol. The Labute approximate surface area is 201 Å². The quantitative estimate of drug-likeness (QED) is 0.490. The fourth-order valence-electron chi connectivity index (χ4n) is 4.70. The second-order valence-electron chi connectivity index (χ2n) is 9.24. The molecule has 0 N–H and O–H groups in total. The number of carbonyl (C=O) groups excluding carboxylic acids is 1. The van der Waals surface area contributed by atoms with Gasteiger partial charge in [0.15, 0.2) is 5.65 Å². The minimum atomic E-state index is -0.281. The molecule has 1 aromatic carbocycles. The molecular formula is C26H35FN6O. The number of aromatic nitrogens is 4. The maximum absolute atomic E-state index is 13.6. The Hall–Kier alpha value is -3.03. The molecule has 1 aliphatic heterocycles.